The zero-order valence-corrected chi connectivity index (χ0v) is 29.2. The van der Waals surface area contributed by atoms with E-state index in [1.165, 1.54) is 0 Å². The number of phenols is 1. The Morgan fingerprint density at radius 2 is 1.21 bits per heavy atom. The molecule has 0 spiro atoms. The molecule has 4 aromatic carbocycles. The molecule has 1 amide bonds. The van der Waals surface area contributed by atoms with E-state index in [9.17, 15) is 14.7 Å². The number of amides is 1. The summed E-state index contributed by atoms with van der Waals surface area (Å²) in [5.74, 6) is 0.953. The second-order valence-electron chi connectivity index (χ2n) is 11.4. The summed E-state index contributed by atoms with van der Waals surface area (Å²) in [6, 6.07) is 32.5. The maximum Gasteiger partial charge on any atom is 0.373 e. The van der Waals surface area contributed by atoms with Crippen molar-refractivity contribution in [1.82, 2.24) is 20.3 Å². The molecule has 1 aromatic heterocycles. The van der Waals surface area contributed by atoms with Crippen molar-refractivity contribution >= 4 is 47.1 Å². The third-order valence-electron chi connectivity index (χ3n) is 7.50. The van der Waals surface area contributed by atoms with Crippen LogP contribution < -0.4 is 21.3 Å². The predicted molar refractivity (Wildman–Crippen MR) is 198 cm³/mol. The van der Waals surface area contributed by atoms with Crippen molar-refractivity contribution in [2.45, 2.75) is 25.8 Å². The number of rotatable bonds is 19. The molecule has 0 radical (unpaired) electrons. The van der Waals surface area contributed by atoms with Gasteiger partial charge in [-0.25, -0.2) is 0 Å². The van der Waals surface area contributed by atoms with Gasteiger partial charge in [0.1, 0.15) is 5.75 Å². The van der Waals surface area contributed by atoms with Crippen LogP contribution in [0.15, 0.2) is 109 Å². The first-order valence-corrected chi connectivity index (χ1v) is 16.9. The number of nitrogens with zero attached hydrogens (tertiary/aromatic N) is 3. The Hall–Kier alpha value is -6.47. The molecule has 14 heteroatoms. The van der Waals surface area contributed by atoms with E-state index in [2.05, 4.69) is 36.2 Å². The van der Waals surface area contributed by atoms with Crippen molar-refractivity contribution in [3.05, 3.63) is 126 Å². The van der Waals surface area contributed by atoms with Gasteiger partial charge >= 0.3 is 6.15 Å². The number of benzene rings is 4. The van der Waals surface area contributed by atoms with E-state index in [1.54, 1.807) is 48.5 Å². The number of anilines is 5. The first-order chi connectivity index (χ1) is 25.8. The Labute approximate surface area is 307 Å². The zero-order chi connectivity index (χ0) is 37.7. The number of hydrogen-bond acceptors (Lipinski definition) is 13. The van der Waals surface area contributed by atoms with Crippen molar-refractivity contribution in [1.29, 1.82) is 0 Å². The molecule has 14 nitrogen and oxygen atoms in total. The maximum absolute atomic E-state index is 12.8. The molecule has 0 bridgehead atoms. The number of aromatic nitrogens is 3. The van der Waals surface area contributed by atoms with Gasteiger partial charge in [-0.2, -0.15) is 24.5 Å². The number of hydrogen-bond donors (Lipinski definition) is 5. The van der Waals surface area contributed by atoms with Crippen LogP contribution >= 0.6 is 0 Å². The summed E-state index contributed by atoms with van der Waals surface area (Å²) in [5.41, 5.74) is 3.62. The molecule has 0 aliphatic carbocycles. The molecule has 5 rings (SSSR count). The number of carbonyl (C=O) groups is 2. The Balaban J connectivity index is 0.00000202. The molecule has 0 aliphatic rings. The average Bonchev–Trinajstić information content (AvgIpc) is 3.17. The van der Waals surface area contributed by atoms with Crippen LogP contribution in [0.4, 0.5) is 29.2 Å². The van der Waals surface area contributed by atoms with Crippen LogP contribution in [0.3, 0.4) is 0 Å². The van der Waals surface area contributed by atoms with Crippen molar-refractivity contribution < 1.29 is 33.8 Å². The standard InChI is InChI=1S/C38H41N7O5.CO2/c1-27(28-9-4-2-5-10-28)40-35(48)30-14-16-31(17-15-30)41-37-43-36(44-38(45-37)42-32-18-20-33(46)21-19-32)39-22-24-50-26-25-49-23-8-13-34(47)29-11-6-3-7-12-29;2-1-3/h2-7,9-12,14-21,27,46H,8,13,22-26H2,1H3,(H,40,48)(H3,39,41,42,43,44,45);/t27-;/m1./s1. The number of carbonyl (C=O) groups excluding carboxylic acids is 4. The lowest BCUT2D eigenvalue weighted by atomic mass is 10.1. The van der Waals surface area contributed by atoms with Crippen molar-refractivity contribution in [2.24, 2.45) is 0 Å². The summed E-state index contributed by atoms with van der Waals surface area (Å²) < 4.78 is 11.3. The fourth-order valence-corrected chi connectivity index (χ4v) is 4.84. The van der Waals surface area contributed by atoms with E-state index in [4.69, 9.17) is 19.1 Å². The Kier molecular flexibility index (Phi) is 16.1. The average molecular weight is 720 g/mol. The SMILES string of the molecule is C[C@@H](NC(=O)c1ccc(Nc2nc(NCCOCCOCCCC(=O)c3ccccc3)nc(Nc3ccc(O)cc3)n2)cc1)c1ccccc1.O=C=O. The second kappa shape index (κ2) is 21.7. The van der Waals surface area contributed by atoms with E-state index in [1.807, 2.05) is 67.6 Å². The molecule has 0 saturated heterocycles. The largest absolute Gasteiger partial charge is 0.508 e. The molecule has 0 unspecified atom stereocenters. The fourth-order valence-electron chi connectivity index (χ4n) is 4.84. The van der Waals surface area contributed by atoms with Gasteiger partial charge in [-0.15, -0.1) is 0 Å². The normalized spacial score (nSPS) is 10.9. The topological polar surface area (TPSA) is 194 Å². The van der Waals surface area contributed by atoms with Gasteiger partial charge < -0.3 is 35.8 Å². The van der Waals surface area contributed by atoms with Crippen LogP contribution in [0.2, 0.25) is 0 Å². The van der Waals surface area contributed by atoms with E-state index in [0.29, 0.717) is 68.7 Å². The van der Waals surface area contributed by atoms with Crippen LogP contribution in [-0.4, -0.2) is 70.9 Å². The van der Waals surface area contributed by atoms with Crippen molar-refractivity contribution in [3.8, 4) is 5.75 Å². The van der Waals surface area contributed by atoms with Crippen LogP contribution in [0.5, 0.6) is 5.75 Å². The highest BCUT2D eigenvalue weighted by Gasteiger charge is 2.13. The summed E-state index contributed by atoms with van der Waals surface area (Å²) in [7, 11) is 0. The van der Waals surface area contributed by atoms with Crippen LogP contribution in [0.1, 0.15) is 52.1 Å². The van der Waals surface area contributed by atoms with Gasteiger partial charge in [0.15, 0.2) is 5.78 Å². The minimum absolute atomic E-state index is 0.112. The third kappa shape index (κ3) is 14.0. The van der Waals surface area contributed by atoms with Gasteiger partial charge in [0.05, 0.1) is 25.9 Å². The van der Waals surface area contributed by atoms with Crippen LogP contribution in [0, 0.1) is 0 Å². The summed E-state index contributed by atoms with van der Waals surface area (Å²) >= 11 is 0. The van der Waals surface area contributed by atoms with Gasteiger partial charge in [-0.3, -0.25) is 9.59 Å². The molecule has 5 aromatic rings. The smallest absolute Gasteiger partial charge is 0.373 e. The summed E-state index contributed by atoms with van der Waals surface area (Å²) in [6.07, 6.45) is 1.34. The maximum atomic E-state index is 12.8. The number of nitrogens with one attached hydrogen (secondary N) is 4. The van der Waals surface area contributed by atoms with E-state index in [-0.39, 0.29) is 41.5 Å². The van der Waals surface area contributed by atoms with Gasteiger partial charge in [0, 0.05) is 42.1 Å². The summed E-state index contributed by atoms with van der Waals surface area (Å²) in [4.78, 5) is 54.8. The van der Waals surface area contributed by atoms with E-state index in [0.717, 1.165) is 11.1 Å². The highest BCUT2D eigenvalue weighted by molar-refractivity contribution is 5.96. The number of ether oxygens (including phenoxy) is 2. The van der Waals surface area contributed by atoms with Crippen molar-refractivity contribution in [3.63, 3.8) is 0 Å². The summed E-state index contributed by atoms with van der Waals surface area (Å²) in [6.45, 7) is 4.08. The molecular weight excluding hydrogens is 678 g/mol. The zero-order valence-electron chi connectivity index (χ0n) is 29.2. The molecule has 0 fully saturated rings. The van der Waals surface area contributed by atoms with Gasteiger partial charge in [-0.05, 0) is 67.4 Å². The molecule has 1 atom stereocenters. The number of Topliss-reactive ketones (excluding diaryl/α,β-unsaturated/α-hetero) is 1. The molecule has 0 aliphatic heterocycles. The Bertz CT molecular complexity index is 1890. The number of aromatic hydroxyl groups is 1. The monoisotopic (exact) mass is 719 g/mol. The molecule has 53 heavy (non-hydrogen) atoms. The number of phenolic OH excluding ortho intramolecular Hbond substituents is 1. The lowest BCUT2D eigenvalue weighted by Crippen LogP contribution is -2.26. The second-order valence-corrected chi connectivity index (χ2v) is 11.4. The molecular formula is C39H41N7O7. The van der Waals surface area contributed by atoms with Gasteiger partial charge in [0.25, 0.3) is 5.91 Å². The molecule has 1 heterocycles. The van der Waals surface area contributed by atoms with Crippen LogP contribution in [0.25, 0.3) is 0 Å². The highest BCUT2D eigenvalue weighted by atomic mass is 16.5. The van der Waals surface area contributed by atoms with Crippen molar-refractivity contribution in [2.75, 3.05) is 48.9 Å². The third-order valence-corrected chi connectivity index (χ3v) is 7.50. The molecule has 274 valence electrons. The lowest BCUT2D eigenvalue weighted by molar-refractivity contribution is -0.191. The van der Waals surface area contributed by atoms with E-state index < -0.39 is 0 Å². The highest BCUT2D eigenvalue weighted by Crippen LogP contribution is 2.21. The van der Waals surface area contributed by atoms with Gasteiger partial charge in [0.2, 0.25) is 17.8 Å². The first-order valence-electron chi connectivity index (χ1n) is 16.9. The van der Waals surface area contributed by atoms with Crippen LogP contribution in [-0.2, 0) is 19.1 Å². The van der Waals surface area contributed by atoms with E-state index >= 15 is 0 Å². The Morgan fingerprint density at radius 1 is 0.679 bits per heavy atom. The lowest BCUT2D eigenvalue weighted by Gasteiger charge is -2.15. The number of ketones is 1. The minimum atomic E-state index is -0.177. The molecule has 5 N–H and O–H groups in total. The van der Waals surface area contributed by atoms with Gasteiger partial charge in [-0.1, -0.05) is 60.7 Å². The minimum Gasteiger partial charge on any atom is -0.508 e. The fraction of sp³-hybridized carbons (Fsp3) is 0.231. The quantitative estimate of drug-likeness (QED) is 0.0375. The molecule has 0 saturated carbocycles. The predicted octanol–water partition coefficient (Wildman–Crippen LogP) is 6.08. The first kappa shape index (κ1) is 39.3. The summed E-state index contributed by atoms with van der Waals surface area (Å²) in [5, 5.41) is 22.1. The Morgan fingerprint density at radius 3 is 1.81 bits per heavy atom.